The van der Waals surface area contributed by atoms with Crippen molar-refractivity contribution >= 4 is 39.1 Å². The van der Waals surface area contributed by atoms with E-state index in [9.17, 15) is 18.0 Å². The first-order valence-electron chi connectivity index (χ1n) is 13.5. The van der Waals surface area contributed by atoms with Gasteiger partial charge in [-0.05, 0) is 81.1 Å². The van der Waals surface area contributed by atoms with Gasteiger partial charge in [-0.15, -0.1) is 0 Å². The molecule has 0 spiro atoms. The minimum Gasteiger partial charge on any atom is -0.352 e. The summed E-state index contributed by atoms with van der Waals surface area (Å²) in [7, 11) is -4.13. The zero-order valence-corrected chi connectivity index (χ0v) is 24.7. The number of anilines is 1. The van der Waals surface area contributed by atoms with E-state index in [1.54, 1.807) is 25.1 Å². The second-order valence-corrected chi connectivity index (χ2v) is 12.8. The highest BCUT2D eigenvalue weighted by molar-refractivity contribution is 7.92. The van der Waals surface area contributed by atoms with Gasteiger partial charge in [-0.2, -0.15) is 0 Å². The Kier molecular flexibility index (Phi) is 9.53. The summed E-state index contributed by atoms with van der Waals surface area (Å²) in [5.41, 5.74) is 3.14. The maximum Gasteiger partial charge on any atom is 0.264 e. The average Bonchev–Trinajstić information content (AvgIpc) is 3.44. The number of amides is 2. The Morgan fingerprint density at radius 3 is 2.23 bits per heavy atom. The monoisotopic (exact) mass is 581 g/mol. The Morgan fingerprint density at radius 2 is 1.60 bits per heavy atom. The van der Waals surface area contributed by atoms with Crippen molar-refractivity contribution in [2.75, 3.05) is 10.8 Å². The van der Waals surface area contributed by atoms with Gasteiger partial charge in [-0.1, -0.05) is 66.4 Å². The number of halogens is 1. The van der Waals surface area contributed by atoms with Gasteiger partial charge in [0.15, 0.2) is 0 Å². The Labute approximate surface area is 242 Å². The van der Waals surface area contributed by atoms with E-state index in [0.29, 0.717) is 10.7 Å². The maximum absolute atomic E-state index is 14.0. The number of sulfonamides is 1. The van der Waals surface area contributed by atoms with Crippen molar-refractivity contribution in [3.05, 3.63) is 94.5 Å². The van der Waals surface area contributed by atoms with Gasteiger partial charge < -0.3 is 10.2 Å². The fraction of sp³-hybridized carbons (Fsp3) is 0.355. The molecule has 1 fully saturated rings. The van der Waals surface area contributed by atoms with Crippen LogP contribution in [0, 0.1) is 13.8 Å². The molecule has 0 radical (unpaired) electrons. The van der Waals surface area contributed by atoms with Gasteiger partial charge >= 0.3 is 0 Å². The fourth-order valence-corrected chi connectivity index (χ4v) is 6.44. The summed E-state index contributed by atoms with van der Waals surface area (Å²) in [6.07, 6.45) is 3.98. The molecule has 0 saturated heterocycles. The van der Waals surface area contributed by atoms with Crippen molar-refractivity contribution in [3.8, 4) is 0 Å². The normalized spacial score (nSPS) is 14.5. The van der Waals surface area contributed by atoms with Gasteiger partial charge in [0.2, 0.25) is 11.8 Å². The number of carbonyl (C=O) groups is 2. The highest BCUT2D eigenvalue weighted by Gasteiger charge is 2.33. The summed E-state index contributed by atoms with van der Waals surface area (Å²) in [4.78, 5) is 28.8. The smallest absolute Gasteiger partial charge is 0.264 e. The fourth-order valence-electron chi connectivity index (χ4n) is 4.91. The molecule has 1 N–H and O–H groups in total. The van der Waals surface area contributed by atoms with Gasteiger partial charge in [0, 0.05) is 17.6 Å². The molecule has 4 rings (SSSR count). The number of carbonyl (C=O) groups excluding carboxylic acids is 2. The summed E-state index contributed by atoms with van der Waals surface area (Å²) in [5.74, 6) is -0.719. The van der Waals surface area contributed by atoms with Crippen LogP contribution in [0.2, 0.25) is 5.02 Å². The summed E-state index contributed by atoms with van der Waals surface area (Å²) in [5, 5.41) is 3.49. The SMILES string of the molecule is Cc1ccc(CN(C(=O)CN(c2cccc(C)c2)S(=O)(=O)c2ccc(Cl)cc2)[C@H](C)C(=O)NC2CCCC2)cc1. The standard InChI is InChI=1S/C31H36ClN3O4S/c1-22-11-13-25(14-12-22)20-34(24(3)31(37)33-27-8-4-5-9-27)30(36)21-35(28-10-6-7-23(2)19-28)40(38,39)29-17-15-26(32)16-18-29/h6-7,10-19,24,27H,4-5,8-9,20-21H2,1-3H3,(H,33,37)/t24-/m1/s1. The number of nitrogens with zero attached hydrogens (tertiary/aromatic N) is 2. The molecule has 0 unspecified atom stereocenters. The van der Waals surface area contributed by atoms with E-state index in [-0.39, 0.29) is 23.4 Å². The first kappa shape index (κ1) is 29.6. The lowest BCUT2D eigenvalue weighted by molar-refractivity contribution is -0.139. The molecular weight excluding hydrogens is 546 g/mol. The largest absolute Gasteiger partial charge is 0.352 e. The van der Waals surface area contributed by atoms with Crippen LogP contribution < -0.4 is 9.62 Å². The van der Waals surface area contributed by atoms with E-state index >= 15 is 0 Å². The number of rotatable bonds is 10. The molecule has 0 bridgehead atoms. The van der Waals surface area contributed by atoms with Gasteiger partial charge in [-0.3, -0.25) is 13.9 Å². The topological polar surface area (TPSA) is 86.8 Å². The molecule has 212 valence electrons. The lowest BCUT2D eigenvalue weighted by atomic mass is 10.1. The van der Waals surface area contributed by atoms with Crippen LogP contribution in [0.25, 0.3) is 0 Å². The summed E-state index contributed by atoms with van der Waals surface area (Å²) in [6, 6.07) is 19.9. The Morgan fingerprint density at radius 1 is 0.950 bits per heavy atom. The number of nitrogens with one attached hydrogen (secondary N) is 1. The molecule has 3 aromatic rings. The number of hydrogen-bond donors (Lipinski definition) is 1. The quantitative estimate of drug-likeness (QED) is 0.336. The zero-order valence-electron chi connectivity index (χ0n) is 23.1. The van der Waals surface area contributed by atoms with Crippen molar-refractivity contribution in [1.82, 2.24) is 10.2 Å². The van der Waals surface area contributed by atoms with Gasteiger partial charge in [0.05, 0.1) is 10.6 Å². The first-order valence-corrected chi connectivity index (χ1v) is 15.4. The molecule has 1 atom stereocenters. The molecule has 1 aliphatic carbocycles. The molecule has 9 heteroatoms. The van der Waals surface area contributed by atoms with Crippen LogP contribution in [0.5, 0.6) is 0 Å². The predicted molar refractivity (Wildman–Crippen MR) is 159 cm³/mol. The summed E-state index contributed by atoms with van der Waals surface area (Å²) in [6.45, 7) is 5.23. The van der Waals surface area contributed by atoms with E-state index in [4.69, 9.17) is 11.6 Å². The molecule has 0 aromatic heterocycles. The van der Waals surface area contributed by atoms with Crippen LogP contribution in [-0.4, -0.2) is 43.8 Å². The van der Waals surface area contributed by atoms with Crippen LogP contribution in [0.1, 0.15) is 49.3 Å². The van der Waals surface area contributed by atoms with Gasteiger partial charge in [-0.25, -0.2) is 8.42 Å². The molecule has 2 amide bonds. The summed E-state index contributed by atoms with van der Waals surface area (Å²) >= 11 is 6.01. The lowest BCUT2D eigenvalue weighted by Crippen LogP contribution is -2.52. The van der Waals surface area contributed by atoms with Crippen LogP contribution in [-0.2, 0) is 26.2 Å². The van der Waals surface area contributed by atoms with Crippen LogP contribution in [0.4, 0.5) is 5.69 Å². The summed E-state index contributed by atoms with van der Waals surface area (Å²) < 4.78 is 28.9. The Bertz CT molecular complexity index is 1440. The van der Waals surface area contributed by atoms with E-state index in [1.807, 2.05) is 44.2 Å². The van der Waals surface area contributed by atoms with E-state index in [1.165, 1.54) is 29.2 Å². The average molecular weight is 582 g/mol. The molecule has 1 aliphatic rings. The van der Waals surface area contributed by atoms with Crippen molar-refractivity contribution in [2.24, 2.45) is 0 Å². The lowest BCUT2D eigenvalue weighted by Gasteiger charge is -2.32. The maximum atomic E-state index is 14.0. The van der Waals surface area contributed by atoms with Crippen LogP contribution >= 0.6 is 11.6 Å². The Balaban J connectivity index is 1.68. The van der Waals surface area contributed by atoms with Gasteiger partial charge in [0.1, 0.15) is 12.6 Å². The molecule has 0 heterocycles. The highest BCUT2D eigenvalue weighted by atomic mass is 35.5. The Hall–Kier alpha value is -3.36. The molecule has 1 saturated carbocycles. The number of benzene rings is 3. The van der Waals surface area contributed by atoms with E-state index in [0.717, 1.165) is 46.7 Å². The minimum atomic E-state index is -4.13. The van der Waals surface area contributed by atoms with Crippen molar-refractivity contribution in [1.29, 1.82) is 0 Å². The zero-order chi connectivity index (χ0) is 28.9. The second kappa shape index (κ2) is 12.9. The molecule has 3 aromatic carbocycles. The van der Waals surface area contributed by atoms with E-state index < -0.39 is 28.5 Å². The van der Waals surface area contributed by atoms with Crippen LogP contribution in [0.15, 0.2) is 77.7 Å². The predicted octanol–water partition coefficient (Wildman–Crippen LogP) is 5.63. The number of hydrogen-bond acceptors (Lipinski definition) is 4. The molecule has 7 nitrogen and oxygen atoms in total. The molecule has 40 heavy (non-hydrogen) atoms. The van der Waals surface area contributed by atoms with E-state index in [2.05, 4.69) is 5.32 Å². The van der Waals surface area contributed by atoms with Crippen molar-refractivity contribution in [2.45, 2.75) is 70.0 Å². The second-order valence-electron chi connectivity index (χ2n) is 10.5. The minimum absolute atomic E-state index is 0.0170. The first-order chi connectivity index (χ1) is 19.0. The number of aryl methyl sites for hydroxylation is 2. The molecular formula is C31H36ClN3O4S. The molecule has 0 aliphatic heterocycles. The van der Waals surface area contributed by atoms with Crippen molar-refractivity contribution < 1.29 is 18.0 Å². The third-order valence-corrected chi connectivity index (χ3v) is 9.35. The highest BCUT2D eigenvalue weighted by Crippen LogP contribution is 2.26. The third-order valence-electron chi connectivity index (χ3n) is 7.31. The van der Waals surface area contributed by atoms with Gasteiger partial charge in [0.25, 0.3) is 10.0 Å². The van der Waals surface area contributed by atoms with Crippen LogP contribution in [0.3, 0.4) is 0 Å². The third kappa shape index (κ3) is 7.23. The van der Waals surface area contributed by atoms with Crippen molar-refractivity contribution in [3.63, 3.8) is 0 Å².